The largest absolute Gasteiger partial charge is 0.312 e. The van der Waals surface area contributed by atoms with Crippen LogP contribution in [0, 0.1) is 11.8 Å². The van der Waals surface area contributed by atoms with Gasteiger partial charge in [-0.25, -0.2) is 0 Å². The molecule has 1 saturated carbocycles. The minimum Gasteiger partial charge on any atom is -0.312 e. The number of hydrogen-bond acceptors (Lipinski definition) is 2. The molecule has 0 amide bonds. The van der Waals surface area contributed by atoms with Gasteiger partial charge in [0, 0.05) is 11.3 Å². The molecular weight excluding hydrogens is 262 g/mol. The first-order valence-electron chi connectivity index (χ1n) is 8.06. The van der Waals surface area contributed by atoms with Gasteiger partial charge < -0.3 is 5.32 Å². The molecule has 0 saturated heterocycles. The van der Waals surface area contributed by atoms with Crippen LogP contribution in [-0.4, -0.2) is 18.1 Å². The summed E-state index contributed by atoms with van der Waals surface area (Å²) < 4.78 is 0. The van der Waals surface area contributed by atoms with E-state index >= 15 is 0 Å². The van der Waals surface area contributed by atoms with Gasteiger partial charge in [0.05, 0.1) is 0 Å². The van der Waals surface area contributed by atoms with E-state index in [-0.39, 0.29) is 0 Å². The highest BCUT2D eigenvalue weighted by Crippen LogP contribution is 2.36. The highest BCUT2D eigenvalue weighted by atomic mass is 32.2. The Kier molecular flexibility index (Phi) is 6.44. The van der Waals surface area contributed by atoms with Gasteiger partial charge in [-0.1, -0.05) is 57.0 Å². The van der Waals surface area contributed by atoms with Crippen LogP contribution in [0.1, 0.15) is 51.1 Å². The molecule has 0 heterocycles. The molecule has 20 heavy (non-hydrogen) atoms. The number of hydrogen-bond donors (Lipinski definition) is 1. The lowest BCUT2D eigenvalue weighted by atomic mass is 9.96. The van der Waals surface area contributed by atoms with E-state index in [1.165, 1.54) is 37.0 Å². The maximum absolute atomic E-state index is 3.55. The van der Waals surface area contributed by atoms with Gasteiger partial charge in [0.25, 0.3) is 0 Å². The average Bonchev–Trinajstić information content (AvgIpc) is 2.97. The fourth-order valence-electron chi connectivity index (χ4n) is 3.28. The minimum absolute atomic E-state index is 0.461. The van der Waals surface area contributed by atoms with Gasteiger partial charge in [0.1, 0.15) is 0 Å². The van der Waals surface area contributed by atoms with E-state index in [0.29, 0.717) is 17.2 Å². The standard InChI is InChI=1S/C18H29NS/c1-14(2)18(20-13-15-9-7-8-10-15)17(19-3)16-11-5-4-6-12-16/h4-6,11-12,14-15,17-19H,7-10,13H2,1-3H3. The quantitative estimate of drug-likeness (QED) is 0.767. The van der Waals surface area contributed by atoms with E-state index in [0.717, 1.165) is 5.92 Å². The zero-order valence-corrected chi connectivity index (χ0v) is 14.0. The maximum Gasteiger partial charge on any atom is 0.0440 e. The van der Waals surface area contributed by atoms with Crippen molar-refractivity contribution in [2.24, 2.45) is 11.8 Å². The minimum atomic E-state index is 0.461. The molecule has 1 aliphatic rings. The molecule has 2 rings (SSSR count). The first-order valence-corrected chi connectivity index (χ1v) is 9.11. The van der Waals surface area contributed by atoms with Gasteiger partial charge in [0.15, 0.2) is 0 Å². The highest BCUT2D eigenvalue weighted by Gasteiger charge is 2.26. The van der Waals surface area contributed by atoms with Crippen LogP contribution in [0.3, 0.4) is 0 Å². The second-order valence-corrected chi connectivity index (χ2v) is 7.58. The predicted molar refractivity (Wildman–Crippen MR) is 91.3 cm³/mol. The zero-order valence-electron chi connectivity index (χ0n) is 13.1. The molecule has 0 spiro atoms. The molecule has 2 heteroatoms. The second-order valence-electron chi connectivity index (χ2n) is 6.37. The Morgan fingerprint density at radius 3 is 2.35 bits per heavy atom. The third-order valence-electron chi connectivity index (χ3n) is 4.45. The van der Waals surface area contributed by atoms with E-state index in [1.54, 1.807) is 0 Å². The molecule has 1 aromatic rings. The predicted octanol–water partition coefficient (Wildman–Crippen LogP) is 4.90. The Morgan fingerprint density at radius 1 is 1.15 bits per heavy atom. The van der Waals surface area contributed by atoms with Crippen molar-refractivity contribution in [3.63, 3.8) is 0 Å². The summed E-state index contributed by atoms with van der Waals surface area (Å²) in [5.41, 5.74) is 1.42. The van der Waals surface area contributed by atoms with Crippen LogP contribution in [0.4, 0.5) is 0 Å². The molecule has 0 aromatic heterocycles. The van der Waals surface area contributed by atoms with E-state index in [9.17, 15) is 0 Å². The summed E-state index contributed by atoms with van der Waals surface area (Å²) in [5, 5.41) is 4.21. The van der Waals surface area contributed by atoms with Gasteiger partial charge in [-0.05, 0) is 43.0 Å². The number of rotatable bonds is 7. The molecule has 1 N–H and O–H groups in total. The summed E-state index contributed by atoms with van der Waals surface area (Å²) in [6.45, 7) is 4.72. The van der Waals surface area contributed by atoms with Crippen molar-refractivity contribution in [1.82, 2.24) is 5.32 Å². The molecule has 0 aliphatic heterocycles. The van der Waals surface area contributed by atoms with E-state index < -0.39 is 0 Å². The second kappa shape index (κ2) is 8.09. The Morgan fingerprint density at radius 2 is 1.80 bits per heavy atom. The van der Waals surface area contributed by atoms with Crippen LogP contribution in [0.2, 0.25) is 0 Å². The third kappa shape index (κ3) is 4.26. The van der Waals surface area contributed by atoms with Crippen molar-refractivity contribution in [1.29, 1.82) is 0 Å². The number of thioether (sulfide) groups is 1. The van der Waals surface area contributed by atoms with Crippen molar-refractivity contribution >= 4 is 11.8 Å². The van der Waals surface area contributed by atoms with Gasteiger partial charge >= 0.3 is 0 Å². The normalized spacial score (nSPS) is 19.4. The topological polar surface area (TPSA) is 12.0 Å². The first-order chi connectivity index (χ1) is 9.72. The van der Waals surface area contributed by atoms with Crippen molar-refractivity contribution < 1.29 is 0 Å². The molecular formula is C18H29NS. The van der Waals surface area contributed by atoms with Crippen molar-refractivity contribution in [3.05, 3.63) is 35.9 Å². The van der Waals surface area contributed by atoms with E-state index in [2.05, 4.69) is 68.3 Å². The summed E-state index contributed by atoms with van der Waals surface area (Å²) in [6, 6.07) is 11.4. The van der Waals surface area contributed by atoms with Gasteiger partial charge in [-0.15, -0.1) is 0 Å². The first kappa shape index (κ1) is 15.9. The number of nitrogens with one attached hydrogen (secondary N) is 1. The molecule has 1 aromatic carbocycles. The molecule has 2 atom stereocenters. The molecule has 1 aliphatic carbocycles. The van der Waals surface area contributed by atoms with Crippen LogP contribution in [0.15, 0.2) is 30.3 Å². The lowest BCUT2D eigenvalue weighted by Gasteiger charge is -2.31. The SMILES string of the molecule is CNC(c1ccccc1)C(SCC1CCCC1)C(C)C. The van der Waals surface area contributed by atoms with E-state index in [1.807, 2.05) is 0 Å². The lowest BCUT2D eigenvalue weighted by molar-refractivity contribution is 0.471. The summed E-state index contributed by atoms with van der Waals surface area (Å²) in [7, 11) is 2.10. The van der Waals surface area contributed by atoms with Crippen molar-refractivity contribution in [2.45, 2.75) is 50.8 Å². The molecule has 0 bridgehead atoms. The summed E-state index contributed by atoms with van der Waals surface area (Å²) in [5.74, 6) is 3.00. The lowest BCUT2D eigenvalue weighted by Crippen LogP contribution is -2.31. The van der Waals surface area contributed by atoms with Crippen molar-refractivity contribution in [3.8, 4) is 0 Å². The van der Waals surface area contributed by atoms with Gasteiger partial charge in [-0.3, -0.25) is 0 Å². The average molecular weight is 292 g/mol. The molecule has 1 nitrogen and oxygen atoms in total. The third-order valence-corrected chi connectivity index (χ3v) is 6.32. The Hall–Kier alpha value is -0.470. The van der Waals surface area contributed by atoms with Gasteiger partial charge in [0.2, 0.25) is 0 Å². The maximum atomic E-state index is 3.55. The van der Waals surface area contributed by atoms with Crippen LogP contribution < -0.4 is 5.32 Å². The van der Waals surface area contributed by atoms with Crippen LogP contribution in [0.5, 0.6) is 0 Å². The monoisotopic (exact) mass is 291 g/mol. The Balaban J connectivity index is 2.01. The molecule has 2 unspecified atom stereocenters. The zero-order chi connectivity index (χ0) is 14.4. The smallest absolute Gasteiger partial charge is 0.0440 e. The summed E-state index contributed by atoms with van der Waals surface area (Å²) >= 11 is 2.19. The molecule has 1 fully saturated rings. The fourth-order valence-corrected chi connectivity index (χ4v) is 4.98. The summed E-state index contributed by atoms with van der Waals surface area (Å²) in [4.78, 5) is 0. The molecule has 0 radical (unpaired) electrons. The van der Waals surface area contributed by atoms with Crippen LogP contribution >= 0.6 is 11.8 Å². The summed E-state index contributed by atoms with van der Waals surface area (Å²) in [6.07, 6.45) is 5.80. The Labute approximate surface area is 128 Å². The molecule has 112 valence electrons. The van der Waals surface area contributed by atoms with Crippen LogP contribution in [-0.2, 0) is 0 Å². The number of benzene rings is 1. The van der Waals surface area contributed by atoms with Gasteiger partial charge in [-0.2, -0.15) is 11.8 Å². The highest BCUT2D eigenvalue weighted by molar-refractivity contribution is 7.99. The van der Waals surface area contributed by atoms with E-state index in [4.69, 9.17) is 0 Å². The van der Waals surface area contributed by atoms with Crippen molar-refractivity contribution in [2.75, 3.05) is 12.8 Å². The fraction of sp³-hybridized carbons (Fsp3) is 0.667. The van der Waals surface area contributed by atoms with Crippen LogP contribution in [0.25, 0.3) is 0 Å². The Bertz CT molecular complexity index is 370.